The number of fused-ring (bicyclic) bond motifs is 1. The topological polar surface area (TPSA) is 108 Å². The molecule has 0 saturated carbocycles. The van der Waals surface area contributed by atoms with E-state index >= 15 is 0 Å². The molecule has 1 spiro atoms. The fourth-order valence-corrected chi connectivity index (χ4v) is 6.76. The van der Waals surface area contributed by atoms with Gasteiger partial charge in [0.15, 0.2) is 0 Å². The molecule has 5 rings (SSSR count). The molecule has 2 aromatic rings. The molecule has 3 heterocycles. The highest BCUT2D eigenvalue weighted by Crippen LogP contribution is 2.65. The molecule has 3 aliphatic heterocycles. The number of carbonyl (C=O) groups excluding carboxylic acids is 3. The zero-order chi connectivity index (χ0) is 25.5. The van der Waals surface area contributed by atoms with Crippen LogP contribution in [0.2, 0.25) is 0 Å². The van der Waals surface area contributed by atoms with Crippen LogP contribution in [0.4, 0.5) is 0 Å². The number of amides is 3. The van der Waals surface area contributed by atoms with Gasteiger partial charge in [0.1, 0.15) is 11.6 Å². The maximum absolute atomic E-state index is 14.2. The molecule has 0 radical (unpaired) electrons. The Kier molecular flexibility index (Phi) is 6.34. The highest BCUT2D eigenvalue weighted by atomic mass is 16.5. The van der Waals surface area contributed by atoms with Gasteiger partial charge in [-0.05, 0) is 30.4 Å². The maximum atomic E-state index is 14.2. The van der Waals surface area contributed by atoms with Crippen LogP contribution in [0.5, 0.6) is 0 Å². The highest BCUT2D eigenvalue weighted by molar-refractivity contribution is 5.99. The van der Waals surface area contributed by atoms with Gasteiger partial charge in [-0.3, -0.25) is 14.4 Å². The molecule has 3 aliphatic rings. The molecule has 2 unspecified atom stereocenters. The Bertz CT molecular complexity index is 1140. The van der Waals surface area contributed by atoms with Crippen molar-refractivity contribution in [3.63, 3.8) is 0 Å². The largest absolute Gasteiger partial charge is 0.394 e. The lowest BCUT2D eigenvalue weighted by Crippen LogP contribution is -2.56. The third-order valence-electron chi connectivity index (χ3n) is 8.40. The van der Waals surface area contributed by atoms with Gasteiger partial charge in [0.05, 0.1) is 30.1 Å². The van der Waals surface area contributed by atoms with Crippen LogP contribution in [0.1, 0.15) is 43.4 Å². The third-order valence-corrected chi connectivity index (χ3v) is 8.40. The minimum atomic E-state index is -1.13. The van der Waals surface area contributed by atoms with Gasteiger partial charge in [0.2, 0.25) is 17.7 Å². The van der Waals surface area contributed by atoms with E-state index in [0.717, 1.165) is 11.1 Å². The van der Waals surface area contributed by atoms with Gasteiger partial charge in [-0.15, -0.1) is 0 Å². The summed E-state index contributed by atoms with van der Waals surface area (Å²) in [7, 11) is 1.56. The summed E-state index contributed by atoms with van der Waals surface area (Å²) in [5, 5.41) is 16.2. The molecule has 8 heteroatoms. The fraction of sp³-hybridized carbons (Fsp3) is 0.464. The molecule has 3 amide bonds. The van der Waals surface area contributed by atoms with Crippen LogP contribution >= 0.6 is 0 Å². The van der Waals surface area contributed by atoms with Crippen LogP contribution in [0, 0.1) is 11.8 Å². The molecule has 0 aliphatic carbocycles. The molecule has 2 bridgehead atoms. The van der Waals surface area contributed by atoms with Crippen LogP contribution in [-0.4, -0.2) is 58.6 Å². The quantitative estimate of drug-likeness (QED) is 0.523. The molecule has 36 heavy (non-hydrogen) atoms. The van der Waals surface area contributed by atoms with Crippen molar-refractivity contribution in [2.75, 3.05) is 13.7 Å². The molecule has 3 N–H and O–H groups in total. The summed E-state index contributed by atoms with van der Waals surface area (Å²) in [5.41, 5.74) is -0.261. The van der Waals surface area contributed by atoms with Gasteiger partial charge in [0.25, 0.3) is 0 Å². The normalized spacial score (nSPS) is 31.2. The van der Waals surface area contributed by atoms with Crippen LogP contribution in [0.15, 0.2) is 60.7 Å². The lowest BCUT2D eigenvalue weighted by Gasteiger charge is -2.37. The van der Waals surface area contributed by atoms with E-state index in [1.165, 1.54) is 4.90 Å². The van der Waals surface area contributed by atoms with Gasteiger partial charge in [-0.2, -0.15) is 0 Å². The number of aliphatic hydroxyl groups excluding tert-OH is 1. The summed E-state index contributed by atoms with van der Waals surface area (Å²) in [5.74, 6) is -2.40. The first kappa shape index (κ1) is 24.5. The zero-order valence-corrected chi connectivity index (χ0v) is 20.6. The summed E-state index contributed by atoms with van der Waals surface area (Å²) in [6, 6.07) is 17.0. The molecular formula is C28H33N3O5. The smallest absolute Gasteiger partial charge is 0.246 e. The molecule has 190 valence electrons. The predicted octanol–water partition coefficient (Wildman–Crippen LogP) is 1.94. The van der Waals surface area contributed by atoms with Crippen LogP contribution < -0.4 is 10.6 Å². The van der Waals surface area contributed by atoms with Crippen molar-refractivity contribution < 1.29 is 24.2 Å². The lowest BCUT2D eigenvalue weighted by molar-refractivity contribution is -0.151. The molecule has 8 nitrogen and oxygen atoms in total. The number of hydrogen-bond acceptors (Lipinski definition) is 5. The summed E-state index contributed by atoms with van der Waals surface area (Å²) in [6.07, 6.45) is 1.66. The van der Waals surface area contributed by atoms with Crippen molar-refractivity contribution in [3.8, 4) is 0 Å². The number of ether oxygens (including phenoxy) is 1. The standard InChI is InChI=1S/C28H33N3O5/c1-3-27-14-15-28(36-27)22(21(27)24(33)29-2)26(35)31(20(17-32)19-12-8-5-9-13-19)23(28)25(34)30-16-18-10-6-4-7-11-18/h4-13,20-23,32H,3,14-17H2,1-2H3,(H,29,33)(H,30,34)/t20-,21+,22+,23?,27-,28?/m1/s1. The highest BCUT2D eigenvalue weighted by Gasteiger charge is 2.79. The lowest BCUT2D eigenvalue weighted by atomic mass is 9.65. The van der Waals surface area contributed by atoms with Crippen molar-refractivity contribution in [1.29, 1.82) is 0 Å². The first-order valence-corrected chi connectivity index (χ1v) is 12.6. The average Bonchev–Trinajstić information content (AvgIpc) is 3.52. The van der Waals surface area contributed by atoms with Crippen molar-refractivity contribution in [1.82, 2.24) is 15.5 Å². The fourth-order valence-electron chi connectivity index (χ4n) is 6.76. The Morgan fingerprint density at radius 1 is 1.08 bits per heavy atom. The molecule has 0 aromatic heterocycles. The zero-order valence-electron chi connectivity index (χ0n) is 20.6. The first-order valence-electron chi connectivity index (χ1n) is 12.6. The van der Waals surface area contributed by atoms with E-state index in [2.05, 4.69) is 10.6 Å². The van der Waals surface area contributed by atoms with Gasteiger partial charge >= 0.3 is 0 Å². The Labute approximate surface area is 211 Å². The molecule has 3 saturated heterocycles. The number of likely N-dealkylation sites (tertiary alicyclic amines) is 1. The summed E-state index contributed by atoms with van der Waals surface area (Å²) in [6.45, 7) is 1.90. The Morgan fingerprint density at radius 3 is 2.36 bits per heavy atom. The Morgan fingerprint density at radius 2 is 1.75 bits per heavy atom. The van der Waals surface area contributed by atoms with Gasteiger partial charge in [-0.1, -0.05) is 67.6 Å². The molecule has 2 aromatic carbocycles. The minimum absolute atomic E-state index is 0.248. The number of rotatable bonds is 8. The number of benzene rings is 2. The van der Waals surface area contributed by atoms with E-state index in [1.807, 2.05) is 67.6 Å². The maximum Gasteiger partial charge on any atom is 0.246 e. The van der Waals surface area contributed by atoms with Crippen LogP contribution in [0.3, 0.4) is 0 Å². The number of nitrogens with zero attached hydrogens (tertiary/aromatic N) is 1. The average molecular weight is 492 g/mol. The van der Waals surface area contributed by atoms with E-state index in [-0.39, 0.29) is 24.3 Å². The van der Waals surface area contributed by atoms with E-state index in [0.29, 0.717) is 25.8 Å². The minimum Gasteiger partial charge on any atom is -0.394 e. The number of hydrogen-bond donors (Lipinski definition) is 3. The molecule has 3 fully saturated rings. The summed E-state index contributed by atoms with van der Waals surface area (Å²) in [4.78, 5) is 42.8. The van der Waals surface area contributed by atoms with Crippen LogP contribution in [0.25, 0.3) is 0 Å². The Hall–Kier alpha value is -3.23. The number of nitrogens with one attached hydrogen (secondary N) is 2. The van der Waals surface area contributed by atoms with Gasteiger partial charge in [0, 0.05) is 13.6 Å². The summed E-state index contributed by atoms with van der Waals surface area (Å²) >= 11 is 0. The van der Waals surface area contributed by atoms with Crippen molar-refractivity contribution in [2.24, 2.45) is 11.8 Å². The van der Waals surface area contributed by atoms with Crippen molar-refractivity contribution in [3.05, 3.63) is 71.8 Å². The second-order valence-electron chi connectivity index (χ2n) is 10.0. The van der Waals surface area contributed by atoms with E-state index < -0.39 is 35.1 Å². The number of carbonyl (C=O) groups is 3. The first-order chi connectivity index (χ1) is 17.4. The van der Waals surface area contributed by atoms with E-state index in [4.69, 9.17) is 4.74 Å². The third kappa shape index (κ3) is 3.54. The van der Waals surface area contributed by atoms with Crippen molar-refractivity contribution >= 4 is 17.7 Å². The van der Waals surface area contributed by atoms with E-state index in [1.54, 1.807) is 7.05 Å². The molecular weight excluding hydrogens is 458 g/mol. The van der Waals surface area contributed by atoms with Crippen molar-refractivity contribution in [2.45, 2.75) is 56.0 Å². The van der Waals surface area contributed by atoms with E-state index in [9.17, 15) is 19.5 Å². The van der Waals surface area contributed by atoms with Gasteiger partial charge < -0.3 is 25.4 Å². The predicted molar refractivity (Wildman–Crippen MR) is 132 cm³/mol. The monoisotopic (exact) mass is 491 g/mol. The van der Waals surface area contributed by atoms with Crippen LogP contribution in [-0.2, 0) is 25.7 Å². The second kappa shape index (κ2) is 9.33. The van der Waals surface area contributed by atoms with Gasteiger partial charge in [-0.25, -0.2) is 0 Å². The summed E-state index contributed by atoms with van der Waals surface area (Å²) < 4.78 is 6.71. The SMILES string of the molecule is CC[C@]12CCC3(O1)C(C(=O)NCc1ccccc1)N([C@H](CO)c1ccccc1)C(=O)[C@@H]3[C@H]2C(=O)NC. The Balaban J connectivity index is 1.58. The molecule has 6 atom stereocenters. The second-order valence-corrected chi connectivity index (χ2v) is 10.0. The number of aliphatic hydroxyl groups is 1.